The smallest absolute Gasteiger partial charge is 0.220 e. The number of carbonyl (C=O) groups is 1. The van der Waals surface area contributed by atoms with Gasteiger partial charge in [0.15, 0.2) is 0 Å². The van der Waals surface area contributed by atoms with E-state index in [-0.39, 0.29) is 11.3 Å². The molecule has 0 saturated carbocycles. The lowest BCUT2D eigenvalue weighted by molar-refractivity contribution is -0.122. The maximum absolute atomic E-state index is 11.5. The summed E-state index contributed by atoms with van der Waals surface area (Å²) in [4.78, 5) is 11.5. The monoisotopic (exact) mass is 198 g/mol. The Morgan fingerprint density at radius 2 is 2.21 bits per heavy atom. The van der Waals surface area contributed by atoms with Gasteiger partial charge in [0.1, 0.15) is 0 Å². The minimum Gasteiger partial charge on any atom is -0.356 e. The van der Waals surface area contributed by atoms with Gasteiger partial charge in [-0.2, -0.15) is 0 Å². The van der Waals surface area contributed by atoms with Crippen molar-refractivity contribution in [3.8, 4) is 0 Å². The number of nitrogens with one attached hydrogen (secondary N) is 2. The van der Waals surface area contributed by atoms with E-state index in [9.17, 15) is 4.79 Å². The Kier molecular flexibility index (Phi) is 3.93. The van der Waals surface area contributed by atoms with Crippen LogP contribution in [-0.2, 0) is 4.79 Å². The summed E-state index contributed by atoms with van der Waals surface area (Å²) >= 11 is 0. The molecule has 2 N–H and O–H groups in total. The van der Waals surface area contributed by atoms with Crippen molar-refractivity contribution in [2.75, 3.05) is 19.6 Å². The number of rotatable bonds is 3. The first-order valence-electron chi connectivity index (χ1n) is 5.45. The standard InChI is InChI=1S/C11H22N2O/c1-11(2,3)8-13-10(14)6-9-4-5-12-7-9/h9,12H,4-8H2,1-3H3,(H,13,14). The maximum atomic E-state index is 11.5. The largest absolute Gasteiger partial charge is 0.356 e. The first-order valence-corrected chi connectivity index (χ1v) is 5.45. The van der Waals surface area contributed by atoms with Crippen LogP contribution in [-0.4, -0.2) is 25.5 Å². The summed E-state index contributed by atoms with van der Waals surface area (Å²) in [7, 11) is 0. The van der Waals surface area contributed by atoms with Crippen LogP contribution in [0.5, 0.6) is 0 Å². The summed E-state index contributed by atoms with van der Waals surface area (Å²) in [6.07, 6.45) is 1.83. The van der Waals surface area contributed by atoms with Crippen LogP contribution in [0.2, 0.25) is 0 Å². The minimum absolute atomic E-state index is 0.184. The Bertz CT molecular complexity index is 190. The van der Waals surface area contributed by atoms with E-state index in [1.165, 1.54) is 0 Å². The second-order valence-corrected chi connectivity index (χ2v) is 5.40. The van der Waals surface area contributed by atoms with Crippen LogP contribution < -0.4 is 10.6 Å². The summed E-state index contributed by atoms with van der Waals surface area (Å²) in [5, 5.41) is 6.25. The lowest BCUT2D eigenvalue weighted by atomic mass is 9.96. The highest BCUT2D eigenvalue weighted by molar-refractivity contribution is 5.76. The van der Waals surface area contributed by atoms with E-state index in [0.29, 0.717) is 12.3 Å². The number of hydrogen-bond donors (Lipinski definition) is 2. The molecule has 3 heteroatoms. The molecule has 0 bridgehead atoms. The number of amides is 1. The van der Waals surface area contributed by atoms with Crippen LogP contribution in [0.15, 0.2) is 0 Å². The van der Waals surface area contributed by atoms with Crippen LogP contribution in [0.3, 0.4) is 0 Å². The van der Waals surface area contributed by atoms with Crippen molar-refractivity contribution in [1.82, 2.24) is 10.6 Å². The Labute approximate surface area is 86.6 Å². The van der Waals surface area contributed by atoms with Gasteiger partial charge in [-0.1, -0.05) is 20.8 Å². The van der Waals surface area contributed by atoms with Gasteiger partial charge in [0.25, 0.3) is 0 Å². The highest BCUT2D eigenvalue weighted by atomic mass is 16.1. The molecule has 1 heterocycles. The van der Waals surface area contributed by atoms with Crippen molar-refractivity contribution in [3.05, 3.63) is 0 Å². The van der Waals surface area contributed by atoms with E-state index in [1.54, 1.807) is 0 Å². The first kappa shape index (κ1) is 11.5. The Hall–Kier alpha value is -0.570. The fourth-order valence-electron chi connectivity index (χ4n) is 1.59. The van der Waals surface area contributed by atoms with Gasteiger partial charge < -0.3 is 10.6 Å². The predicted molar refractivity (Wildman–Crippen MR) is 58.1 cm³/mol. The van der Waals surface area contributed by atoms with E-state index < -0.39 is 0 Å². The molecule has 0 radical (unpaired) electrons. The lowest BCUT2D eigenvalue weighted by Gasteiger charge is -2.19. The molecule has 1 rings (SSSR count). The molecular weight excluding hydrogens is 176 g/mol. The highest BCUT2D eigenvalue weighted by Crippen LogP contribution is 2.13. The molecule has 1 aliphatic heterocycles. The first-order chi connectivity index (χ1) is 6.47. The topological polar surface area (TPSA) is 41.1 Å². The van der Waals surface area contributed by atoms with Crippen molar-refractivity contribution < 1.29 is 4.79 Å². The quantitative estimate of drug-likeness (QED) is 0.714. The SMILES string of the molecule is CC(C)(C)CNC(=O)CC1CCNC1. The van der Waals surface area contributed by atoms with Gasteiger partial charge >= 0.3 is 0 Å². The second kappa shape index (κ2) is 4.78. The van der Waals surface area contributed by atoms with Crippen molar-refractivity contribution in [2.24, 2.45) is 11.3 Å². The Morgan fingerprint density at radius 3 is 2.71 bits per heavy atom. The van der Waals surface area contributed by atoms with Gasteiger partial charge in [-0.25, -0.2) is 0 Å². The van der Waals surface area contributed by atoms with Crippen molar-refractivity contribution >= 4 is 5.91 Å². The molecule has 0 aromatic rings. The highest BCUT2D eigenvalue weighted by Gasteiger charge is 2.19. The fraction of sp³-hybridized carbons (Fsp3) is 0.909. The summed E-state index contributed by atoms with van der Waals surface area (Å²) in [5.74, 6) is 0.753. The molecule has 1 fully saturated rings. The third kappa shape index (κ3) is 4.61. The van der Waals surface area contributed by atoms with E-state index in [1.807, 2.05) is 0 Å². The van der Waals surface area contributed by atoms with Gasteiger partial charge in [0, 0.05) is 13.0 Å². The van der Waals surface area contributed by atoms with Crippen LogP contribution in [0.1, 0.15) is 33.6 Å². The predicted octanol–water partition coefficient (Wildman–Crippen LogP) is 1.15. The average molecular weight is 198 g/mol. The number of hydrogen-bond acceptors (Lipinski definition) is 2. The molecule has 1 saturated heterocycles. The summed E-state index contributed by atoms with van der Waals surface area (Å²) in [6.45, 7) is 9.23. The molecule has 3 nitrogen and oxygen atoms in total. The molecule has 1 amide bonds. The van der Waals surface area contributed by atoms with Crippen LogP contribution in [0.4, 0.5) is 0 Å². The Morgan fingerprint density at radius 1 is 1.50 bits per heavy atom. The molecule has 0 aliphatic carbocycles. The third-order valence-electron chi connectivity index (χ3n) is 2.45. The number of carbonyl (C=O) groups excluding carboxylic acids is 1. The maximum Gasteiger partial charge on any atom is 0.220 e. The van der Waals surface area contributed by atoms with Gasteiger partial charge in [-0.3, -0.25) is 4.79 Å². The summed E-state index contributed by atoms with van der Waals surface area (Å²) in [5.41, 5.74) is 0.184. The van der Waals surface area contributed by atoms with Crippen molar-refractivity contribution in [1.29, 1.82) is 0 Å². The molecule has 1 aliphatic rings. The van der Waals surface area contributed by atoms with Crippen molar-refractivity contribution in [3.63, 3.8) is 0 Å². The molecule has 14 heavy (non-hydrogen) atoms. The van der Waals surface area contributed by atoms with E-state index in [4.69, 9.17) is 0 Å². The Balaban J connectivity index is 2.15. The van der Waals surface area contributed by atoms with Crippen LogP contribution in [0.25, 0.3) is 0 Å². The van der Waals surface area contributed by atoms with Crippen LogP contribution in [0, 0.1) is 11.3 Å². The molecule has 0 aromatic heterocycles. The van der Waals surface area contributed by atoms with Crippen molar-refractivity contribution in [2.45, 2.75) is 33.6 Å². The van der Waals surface area contributed by atoms with E-state index >= 15 is 0 Å². The van der Waals surface area contributed by atoms with E-state index in [0.717, 1.165) is 26.1 Å². The molecule has 1 unspecified atom stereocenters. The third-order valence-corrected chi connectivity index (χ3v) is 2.45. The van der Waals surface area contributed by atoms with E-state index in [2.05, 4.69) is 31.4 Å². The second-order valence-electron chi connectivity index (χ2n) is 5.40. The molecule has 82 valence electrons. The zero-order valence-electron chi connectivity index (χ0n) is 9.52. The van der Waals surface area contributed by atoms with Crippen LogP contribution >= 0.6 is 0 Å². The molecular formula is C11H22N2O. The fourth-order valence-corrected chi connectivity index (χ4v) is 1.59. The normalized spacial score (nSPS) is 22.4. The molecule has 0 spiro atoms. The van der Waals surface area contributed by atoms with Gasteiger partial charge in [-0.15, -0.1) is 0 Å². The van der Waals surface area contributed by atoms with Gasteiger partial charge in [-0.05, 0) is 30.8 Å². The average Bonchev–Trinajstić information content (AvgIpc) is 2.52. The summed E-state index contributed by atoms with van der Waals surface area (Å²) in [6, 6.07) is 0. The minimum atomic E-state index is 0.184. The zero-order chi connectivity index (χ0) is 10.6. The van der Waals surface area contributed by atoms with Gasteiger partial charge in [0.2, 0.25) is 5.91 Å². The summed E-state index contributed by atoms with van der Waals surface area (Å²) < 4.78 is 0. The molecule has 1 atom stereocenters. The lowest BCUT2D eigenvalue weighted by Crippen LogP contribution is -2.33. The van der Waals surface area contributed by atoms with Gasteiger partial charge in [0.05, 0.1) is 0 Å². The molecule has 0 aromatic carbocycles. The zero-order valence-corrected chi connectivity index (χ0v) is 9.52.